The Morgan fingerprint density at radius 3 is 2.50 bits per heavy atom. The molecule has 142 valence electrons. The average molecular weight is 392 g/mol. The summed E-state index contributed by atoms with van der Waals surface area (Å²) in [6.07, 6.45) is 1.57. The van der Waals surface area contributed by atoms with Gasteiger partial charge in [-0.25, -0.2) is 9.97 Å². The minimum Gasteiger partial charge on any atom is -0.383 e. The molecule has 0 bridgehead atoms. The number of halogens is 1. The molecule has 0 saturated carbocycles. The molecule has 4 rings (SSSR count). The summed E-state index contributed by atoms with van der Waals surface area (Å²) in [5.41, 5.74) is 2.05. The standard InChI is InChI=1S/C22H22ClN5/c23-17-8-9-21-19(14-17)22(28-15-27-21)26-13-11-24-10-12-25-20-7-3-5-16-4-1-2-6-18(16)20/h1-9,14-15,24-25H,10-13H2,(H,26,27,28). The molecular formula is C22H22ClN5. The Bertz CT molecular complexity index is 1080. The number of nitrogens with zero attached hydrogens (tertiary/aromatic N) is 2. The largest absolute Gasteiger partial charge is 0.383 e. The molecule has 28 heavy (non-hydrogen) atoms. The van der Waals surface area contributed by atoms with E-state index in [2.05, 4.69) is 68.4 Å². The maximum Gasteiger partial charge on any atom is 0.137 e. The van der Waals surface area contributed by atoms with Gasteiger partial charge in [-0.1, -0.05) is 48.0 Å². The Hall–Kier alpha value is -2.89. The van der Waals surface area contributed by atoms with E-state index in [1.54, 1.807) is 6.33 Å². The molecule has 0 saturated heterocycles. The predicted molar refractivity (Wildman–Crippen MR) is 118 cm³/mol. The van der Waals surface area contributed by atoms with E-state index in [0.29, 0.717) is 5.02 Å². The van der Waals surface area contributed by atoms with Crippen molar-refractivity contribution in [2.75, 3.05) is 36.8 Å². The molecule has 4 aromatic rings. The summed E-state index contributed by atoms with van der Waals surface area (Å²) < 4.78 is 0. The van der Waals surface area contributed by atoms with Crippen LogP contribution in [0, 0.1) is 0 Å². The van der Waals surface area contributed by atoms with Crippen molar-refractivity contribution in [3.63, 3.8) is 0 Å². The van der Waals surface area contributed by atoms with E-state index in [9.17, 15) is 0 Å². The zero-order valence-electron chi connectivity index (χ0n) is 15.5. The number of benzene rings is 3. The van der Waals surface area contributed by atoms with Gasteiger partial charge in [-0.2, -0.15) is 0 Å². The molecule has 0 fully saturated rings. The Morgan fingerprint density at radius 2 is 1.57 bits per heavy atom. The average Bonchev–Trinajstić information content (AvgIpc) is 2.73. The van der Waals surface area contributed by atoms with Gasteiger partial charge in [0.2, 0.25) is 0 Å². The summed E-state index contributed by atoms with van der Waals surface area (Å²) in [6.45, 7) is 3.34. The number of hydrogen-bond donors (Lipinski definition) is 3. The van der Waals surface area contributed by atoms with Gasteiger partial charge in [0.05, 0.1) is 5.52 Å². The summed E-state index contributed by atoms with van der Waals surface area (Å²) in [5.74, 6) is 0.809. The van der Waals surface area contributed by atoms with E-state index in [-0.39, 0.29) is 0 Å². The molecule has 0 radical (unpaired) electrons. The van der Waals surface area contributed by atoms with Crippen molar-refractivity contribution in [2.24, 2.45) is 0 Å². The highest BCUT2D eigenvalue weighted by atomic mass is 35.5. The lowest BCUT2D eigenvalue weighted by molar-refractivity contribution is 0.718. The van der Waals surface area contributed by atoms with E-state index >= 15 is 0 Å². The van der Waals surface area contributed by atoms with Crippen LogP contribution in [0.5, 0.6) is 0 Å². The summed E-state index contributed by atoms with van der Waals surface area (Å²) in [4.78, 5) is 8.60. The monoisotopic (exact) mass is 391 g/mol. The minimum absolute atomic E-state index is 0.683. The molecule has 0 amide bonds. The quantitative estimate of drug-likeness (QED) is 0.384. The molecule has 3 N–H and O–H groups in total. The number of rotatable bonds is 8. The van der Waals surface area contributed by atoms with Crippen LogP contribution in [0.15, 0.2) is 67.0 Å². The molecule has 0 unspecified atom stereocenters. The topological polar surface area (TPSA) is 61.9 Å². The second-order valence-corrected chi connectivity index (χ2v) is 6.95. The molecule has 3 aromatic carbocycles. The lowest BCUT2D eigenvalue weighted by Crippen LogP contribution is -2.27. The fourth-order valence-electron chi connectivity index (χ4n) is 3.23. The lowest BCUT2D eigenvalue weighted by atomic mass is 10.1. The number of hydrogen-bond acceptors (Lipinski definition) is 5. The molecular weight excluding hydrogens is 370 g/mol. The lowest BCUT2D eigenvalue weighted by Gasteiger charge is -2.11. The number of aromatic nitrogens is 2. The van der Waals surface area contributed by atoms with Crippen LogP contribution in [0.1, 0.15) is 0 Å². The first-order valence-corrected chi connectivity index (χ1v) is 9.75. The Balaban J connectivity index is 1.23. The molecule has 0 atom stereocenters. The van der Waals surface area contributed by atoms with Crippen molar-refractivity contribution in [3.05, 3.63) is 72.0 Å². The van der Waals surface area contributed by atoms with Gasteiger partial charge in [0.15, 0.2) is 0 Å². The Kier molecular flexibility index (Phi) is 5.85. The highest BCUT2D eigenvalue weighted by Crippen LogP contribution is 2.23. The third kappa shape index (κ3) is 4.32. The molecule has 1 aromatic heterocycles. The summed E-state index contributed by atoms with van der Waals surface area (Å²) in [6, 6.07) is 20.4. The minimum atomic E-state index is 0.683. The highest BCUT2D eigenvalue weighted by molar-refractivity contribution is 6.31. The fourth-order valence-corrected chi connectivity index (χ4v) is 3.40. The van der Waals surface area contributed by atoms with Gasteiger partial charge in [0, 0.05) is 47.7 Å². The van der Waals surface area contributed by atoms with Crippen LogP contribution in [-0.4, -0.2) is 36.1 Å². The van der Waals surface area contributed by atoms with Crippen LogP contribution in [0.25, 0.3) is 21.7 Å². The first-order chi connectivity index (χ1) is 13.8. The van der Waals surface area contributed by atoms with Crippen LogP contribution in [0.2, 0.25) is 5.02 Å². The molecule has 5 nitrogen and oxygen atoms in total. The van der Waals surface area contributed by atoms with Crippen LogP contribution in [0.4, 0.5) is 11.5 Å². The molecule has 0 aliphatic carbocycles. The van der Waals surface area contributed by atoms with Crippen LogP contribution < -0.4 is 16.0 Å². The SMILES string of the molecule is Clc1ccc2ncnc(NCCNCCNc3cccc4ccccc34)c2c1. The van der Waals surface area contributed by atoms with E-state index in [0.717, 1.165) is 42.9 Å². The van der Waals surface area contributed by atoms with E-state index in [4.69, 9.17) is 11.6 Å². The van der Waals surface area contributed by atoms with Gasteiger partial charge in [0.25, 0.3) is 0 Å². The third-order valence-corrected chi connectivity index (χ3v) is 4.83. The van der Waals surface area contributed by atoms with Crippen molar-refractivity contribution < 1.29 is 0 Å². The van der Waals surface area contributed by atoms with Gasteiger partial charge >= 0.3 is 0 Å². The Labute approximate surface area is 169 Å². The molecule has 0 spiro atoms. The van der Waals surface area contributed by atoms with Crippen molar-refractivity contribution >= 4 is 44.8 Å². The molecule has 6 heteroatoms. The third-order valence-electron chi connectivity index (χ3n) is 4.60. The first kappa shape index (κ1) is 18.5. The summed E-state index contributed by atoms with van der Waals surface area (Å²) >= 11 is 6.09. The fraction of sp³-hybridized carbons (Fsp3) is 0.182. The second kappa shape index (κ2) is 8.87. The zero-order valence-corrected chi connectivity index (χ0v) is 16.2. The maximum absolute atomic E-state index is 6.09. The highest BCUT2D eigenvalue weighted by Gasteiger charge is 2.04. The van der Waals surface area contributed by atoms with Gasteiger partial charge in [-0.3, -0.25) is 0 Å². The predicted octanol–water partition coefficient (Wildman–Crippen LogP) is 4.55. The molecule has 0 aliphatic heterocycles. The maximum atomic E-state index is 6.09. The van der Waals surface area contributed by atoms with E-state index in [1.165, 1.54) is 16.5 Å². The van der Waals surface area contributed by atoms with Crippen LogP contribution in [-0.2, 0) is 0 Å². The van der Waals surface area contributed by atoms with E-state index < -0.39 is 0 Å². The Morgan fingerprint density at radius 1 is 0.750 bits per heavy atom. The van der Waals surface area contributed by atoms with Crippen LogP contribution >= 0.6 is 11.6 Å². The van der Waals surface area contributed by atoms with Crippen molar-refractivity contribution in [2.45, 2.75) is 0 Å². The first-order valence-electron chi connectivity index (χ1n) is 9.38. The van der Waals surface area contributed by atoms with Crippen molar-refractivity contribution in [1.29, 1.82) is 0 Å². The van der Waals surface area contributed by atoms with Crippen LogP contribution in [0.3, 0.4) is 0 Å². The smallest absolute Gasteiger partial charge is 0.137 e. The van der Waals surface area contributed by atoms with E-state index in [1.807, 2.05) is 18.2 Å². The number of fused-ring (bicyclic) bond motifs is 2. The molecule has 0 aliphatic rings. The second-order valence-electron chi connectivity index (χ2n) is 6.51. The van der Waals surface area contributed by atoms with Crippen molar-refractivity contribution in [1.82, 2.24) is 15.3 Å². The van der Waals surface area contributed by atoms with Crippen molar-refractivity contribution in [3.8, 4) is 0 Å². The van der Waals surface area contributed by atoms with Gasteiger partial charge < -0.3 is 16.0 Å². The van der Waals surface area contributed by atoms with Gasteiger partial charge in [-0.15, -0.1) is 0 Å². The normalized spacial score (nSPS) is 11.0. The zero-order chi connectivity index (χ0) is 19.2. The summed E-state index contributed by atoms with van der Waals surface area (Å²) in [7, 11) is 0. The number of anilines is 2. The van der Waals surface area contributed by atoms with Gasteiger partial charge in [0.1, 0.15) is 12.1 Å². The van der Waals surface area contributed by atoms with Gasteiger partial charge in [-0.05, 0) is 29.7 Å². The molecule has 1 heterocycles. The summed E-state index contributed by atoms with van der Waals surface area (Å²) in [5, 5.41) is 14.4. The number of nitrogens with one attached hydrogen (secondary N) is 3.